The SMILES string of the molecule is C=CCC(/C(C)=C(/C)CN)N1CC(C)OC(C)C1C. The van der Waals surface area contributed by atoms with Gasteiger partial charge in [-0.25, -0.2) is 0 Å². The minimum absolute atomic E-state index is 0.266. The highest BCUT2D eigenvalue weighted by molar-refractivity contribution is 5.19. The first-order valence-electron chi connectivity index (χ1n) is 7.30. The Labute approximate surface area is 118 Å². The Bertz CT molecular complexity index is 338. The highest BCUT2D eigenvalue weighted by Crippen LogP contribution is 2.26. The molecule has 0 bridgehead atoms. The van der Waals surface area contributed by atoms with Crippen LogP contribution in [0.3, 0.4) is 0 Å². The zero-order valence-electron chi connectivity index (χ0n) is 13.1. The molecule has 1 fully saturated rings. The van der Waals surface area contributed by atoms with Crippen molar-refractivity contribution in [2.45, 2.75) is 65.3 Å². The average Bonchev–Trinajstić information content (AvgIpc) is 2.38. The van der Waals surface area contributed by atoms with Crippen LogP contribution in [0.1, 0.15) is 41.0 Å². The minimum atomic E-state index is 0.266. The zero-order valence-corrected chi connectivity index (χ0v) is 13.1. The summed E-state index contributed by atoms with van der Waals surface area (Å²) in [7, 11) is 0. The van der Waals surface area contributed by atoms with Crippen LogP contribution in [0.2, 0.25) is 0 Å². The van der Waals surface area contributed by atoms with Gasteiger partial charge >= 0.3 is 0 Å². The van der Waals surface area contributed by atoms with E-state index in [1.165, 1.54) is 11.1 Å². The van der Waals surface area contributed by atoms with Crippen LogP contribution in [0.4, 0.5) is 0 Å². The molecule has 0 radical (unpaired) electrons. The molecule has 1 aliphatic rings. The van der Waals surface area contributed by atoms with Crippen molar-refractivity contribution in [2.75, 3.05) is 13.1 Å². The van der Waals surface area contributed by atoms with Gasteiger partial charge in [-0.15, -0.1) is 6.58 Å². The fourth-order valence-corrected chi connectivity index (χ4v) is 2.83. The monoisotopic (exact) mass is 266 g/mol. The summed E-state index contributed by atoms with van der Waals surface area (Å²) in [5.74, 6) is 0. The first kappa shape index (κ1) is 16.4. The van der Waals surface area contributed by atoms with Gasteiger partial charge in [0.15, 0.2) is 0 Å². The van der Waals surface area contributed by atoms with Gasteiger partial charge in [0.2, 0.25) is 0 Å². The van der Waals surface area contributed by atoms with Crippen molar-refractivity contribution in [3.8, 4) is 0 Å². The molecule has 4 unspecified atom stereocenters. The molecule has 1 aliphatic heterocycles. The number of nitrogens with two attached hydrogens (primary N) is 1. The van der Waals surface area contributed by atoms with Crippen molar-refractivity contribution in [2.24, 2.45) is 5.73 Å². The third-order valence-electron chi connectivity index (χ3n) is 4.39. The molecule has 3 heteroatoms. The van der Waals surface area contributed by atoms with E-state index >= 15 is 0 Å². The van der Waals surface area contributed by atoms with Crippen molar-refractivity contribution >= 4 is 0 Å². The number of hydrogen-bond acceptors (Lipinski definition) is 3. The third kappa shape index (κ3) is 3.91. The molecule has 0 spiro atoms. The predicted molar refractivity (Wildman–Crippen MR) is 82.2 cm³/mol. The van der Waals surface area contributed by atoms with E-state index in [2.05, 4.69) is 46.1 Å². The van der Waals surface area contributed by atoms with Crippen LogP contribution in [0.5, 0.6) is 0 Å². The van der Waals surface area contributed by atoms with E-state index in [-0.39, 0.29) is 12.2 Å². The van der Waals surface area contributed by atoms with Crippen molar-refractivity contribution in [3.05, 3.63) is 23.8 Å². The Hall–Kier alpha value is -0.640. The maximum Gasteiger partial charge on any atom is 0.0703 e. The second kappa shape index (κ2) is 7.22. The van der Waals surface area contributed by atoms with Crippen molar-refractivity contribution in [1.82, 2.24) is 4.90 Å². The van der Waals surface area contributed by atoms with Gasteiger partial charge in [0.1, 0.15) is 0 Å². The van der Waals surface area contributed by atoms with Crippen LogP contribution in [0.15, 0.2) is 23.8 Å². The fourth-order valence-electron chi connectivity index (χ4n) is 2.83. The summed E-state index contributed by atoms with van der Waals surface area (Å²) >= 11 is 0. The van der Waals surface area contributed by atoms with Crippen LogP contribution in [-0.2, 0) is 4.74 Å². The fraction of sp³-hybridized carbons (Fsp3) is 0.750. The van der Waals surface area contributed by atoms with Crippen LogP contribution >= 0.6 is 0 Å². The number of nitrogens with zero attached hydrogens (tertiary/aromatic N) is 1. The summed E-state index contributed by atoms with van der Waals surface area (Å²) in [5.41, 5.74) is 8.47. The second-order valence-corrected chi connectivity index (χ2v) is 5.80. The molecule has 1 rings (SSSR count). The van der Waals surface area contributed by atoms with Crippen LogP contribution < -0.4 is 5.73 Å². The van der Waals surface area contributed by atoms with Crippen LogP contribution in [0, 0.1) is 0 Å². The van der Waals surface area contributed by atoms with Gasteiger partial charge in [-0.3, -0.25) is 4.90 Å². The third-order valence-corrected chi connectivity index (χ3v) is 4.39. The number of rotatable bonds is 5. The second-order valence-electron chi connectivity index (χ2n) is 5.80. The number of hydrogen-bond donors (Lipinski definition) is 1. The van der Waals surface area contributed by atoms with Gasteiger partial charge in [0.05, 0.1) is 12.2 Å². The molecule has 0 aromatic carbocycles. The van der Waals surface area contributed by atoms with Crippen LogP contribution in [-0.4, -0.2) is 42.3 Å². The molecule has 0 aliphatic carbocycles. The molecule has 3 nitrogen and oxygen atoms in total. The lowest BCUT2D eigenvalue weighted by molar-refractivity contribution is -0.108. The maximum absolute atomic E-state index is 5.92. The van der Waals surface area contributed by atoms with Crippen LogP contribution in [0.25, 0.3) is 0 Å². The molecule has 4 atom stereocenters. The molecular formula is C16H30N2O. The predicted octanol–water partition coefficient (Wildman–Crippen LogP) is 2.72. The summed E-state index contributed by atoms with van der Waals surface area (Å²) < 4.78 is 5.92. The van der Waals surface area contributed by atoms with E-state index in [1.54, 1.807) is 0 Å². The summed E-state index contributed by atoms with van der Waals surface area (Å²) in [6, 6.07) is 0.812. The van der Waals surface area contributed by atoms with E-state index in [9.17, 15) is 0 Å². The minimum Gasteiger partial charge on any atom is -0.373 e. The standard InChI is InChI=1S/C16H30N2O/c1-7-8-16(13(4)11(2)9-17)18-10-12(3)19-15(6)14(18)5/h7,12,14-16H,1,8-10,17H2,2-6H3/b13-11-. The summed E-state index contributed by atoms with van der Waals surface area (Å²) in [6.07, 6.45) is 3.52. The molecule has 0 aromatic heterocycles. The molecule has 0 aromatic rings. The Morgan fingerprint density at radius 1 is 1.42 bits per heavy atom. The number of ether oxygens (including phenoxy) is 1. The van der Waals surface area contributed by atoms with Gasteiger partial charge in [0, 0.05) is 25.2 Å². The zero-order chi connectivity index (χ0) is 14.6. The Morgan fingerprint density at radius 3 is 2.58 bits per heavy atom. The molecule has 110 valence electrons. The average molecular weight is 266 g/mol. The van der Waals surface area contributed by atoms with E-state index in [4.69, 9.17) is 10.5 Å². The Morgan fingerprint density at radius 2 is 2.05 bits per heavy atom. The highest BCUT2D eigenvalue weighted by atomic mass is 16.5. The smallest absolute Gasteiger partial charge is 0.0703 e. The Balaban J connectivity index is 3.00. The normalized spacial score (nSPS) is 31.8. The van der Waals surface area contributed by atoms with Crippen molar-refractivity contribution in [1.29, 1.82) is 0 Å². The topological polar surface area (TPSA) is 38.5 Å². The molecule has 19 heavy (non-hydrogen) atoms. The molecular weight excluding hydrogens is 236 g/mol. The lowest BCUT2D eigenvalue weighted by Crippen LogP contribution is -2.56. The van der Waals surface area contributed by atoms with Gasteiger partial charge in [0.25, 0.3) is 0 Å². The molecule has 0 saturated carbocycles. The van der Waals surface area contributed by atoms with E-state index < -0.39 is 0 Å². The van der Waals surface area contributed by atoms with E-state index in [1.807, 2.05) is 6.08 Å². The van der Waals surface area contributed by atoms with E-state index in [0.717, 1.165) is 13.0 Å². The molecule has 1 heterocycles. The summed E-state index contributed by atoms with van der Waals surface area (Å²) in [4.78, 5) is 2.55. The van der Waals surface area contributed by atoms with Gasteiger partial charge in [-0.2, -0.15) is 0 Å². The first-order chi connectivity index (χ1) is 8.92. The van der Waals surface area contributed by atoms with Gasteiger partial charge in [-0.1, -0.05) is 17.2 Å². The quantitative estimate of drug-likeness (QED) is 0.778. The van der Waals surface area contributed by atoms with E-state index in [0.29, 0.717) is 18.6 Å². The lowest BCUT2D eigenvalue weighted by atomic mass is 9.95. The molecule has 1 saturated heterocycles. The first-order valence-corrected chi connectivity index (χ1v) is 7.30. The largest absolute Gasteiger partial charge is 0.373 e. The Kier molecular flexibility index (Phi) is 6.24. The summed E-state index contributed by atoms with van der Waals surface area (Å²) in [6.45, 7) is 16.4. The van der Waals surface area contributed by atoms with Gasteiger partial charge < -0.3 is 10.5 Å². The summed E-state index contributed by atoms with van der Waals surface area (Å²) in [5, 5.41) is 0. The van der Waals surface area contributed by atoms with Gasteiger partial charge in [-0.05, 0) is 41.0 Å². The molecule has 0 amide bonds. The number of morpholine rings is 1. The lowest BCUT2D eigenvalue weighted by Gasteiger charge is -2.45. The highest BCUT2D eigenvalue weighted by Gasteiger charge is 2.34. The van der Waals surface area contributed by atoms with Crippen molar-refractivity contribution < 1.29 is 4.74 Å². The van der Waals surface area contributed by atoms with Crippen molar-refractivity contribution in [3.63, 3.8) is 0 Å². The molecule has 2 N–H and O–H groups in total. The maximum atomic E-state index is 5.92.